The van der Waals surface area contributed by atoms with Crippen LogP contribution in [0.2, 0.25) is 0 Å². The Morgan fingerprint density at radius 1 is 0.652 bits per heavy atom. The van der Waals surface area contributed by atoms with Gasteiger partial charge >= 0.3 is 0 Å². The van der Waals surface area contributed by atoms with Crippen LogP contribution in [0.4, 0.5) is 17.1 Å². The normalized spacial score (nSPS) is 11.1. The van der Waals surface area contributed by atoms with Crippen LogP contribution < -0.4 is 5.32 Å². The number of aliphatic imine (C=N–C) groups is 1. The van der Waals surface area contributed by atoms with Crippen molar-refractivity contribution < 1.29 is 0 Å². The second-order valence-electron chi connectivity index (χ2n) is 5.09. The van der Waals surface area contributed by atoms with Crippen molar-refractivity contribution in [3.8, 4) is 0 Å². The molecule has 112 valence electrons. The summed E-state index contributed by atoms with van der Waals surface area (Å²) >= 11 is 0. The lowest BCUT2D eigenvalue weighted by molar-refractivity contribution is 1.50. The van der Waals surface area contributed by atoms with E-state index in [9.17, 15) is 0 Å². The Hall–Kier alpha value is -3.13. The summed E-state index contributed by atoms with van der Waals surface area (Å²) in [4.78, 5) is 4.43. The molecule has 0 saturated carbocycles. The Morgan fingerprint density at radius 2 is 1.26 bits per heavy atom. The molecule has 3 rings (SSSR count). The van der Waals surface area contributed by atoms with Crippen molar-refractivity contribution in [1.82, 2.24) is 0 Å². The third-order valence-corrected chi connectivity index (χ3v) is 3.33. The van der Waals surface area contributed by atoms with Crippen LogP contribution in [-0.4, -0.2) is 6.21 Å². The quantitative estimate of drug-likeness (QED) is 0.587. The standard InChI is InChI=1S/C21H18N2/c1-3-8-18(9-4-1)10-7-17-22-19-13-15-21(16-14-19)23-20-11-5-2-6-12-20/h1-17,23H/b10-7+,22-17+. The van der Waals surface area contributed by atoms with Crippen molar-refractivity contribution in [2.75, 3.05) is 5.32 Å². The molecule has 0 aliphatic rings. The number of para-hydroxylation sites is 1. The zero-order valence-corrected chi connectivity index (χ0v) is 12.8. The molecule has 2 heteroatoms. The number of anilines is 2. The fraction of sp³-hybridized carbons (Fsp3) is 0. The van der Waals surface area contributed by atoms with Crippen LogP contribution in [0.1, 0.15) is 5.56 Å². The fourth-order valence-corrected chi connectivity index (χ4v) is 2.17. The van der Waals surface area contributed by atoms with Crippen molar-refractivity contribution >= 4 is 29.4 Å². The predicted molar refractivity (Wildman–Crippen MR) is 99.8 cm³/mol. The van der Waals surface area contributed by atoms with Gasteiger partial charge in [0.05, 0.1) is 5.69 Å². The van der Waals surface area contributed by atoms with Crippen molar-refractivity contribution in [3.05, 3.63) is 96.6 Å². The van der Waals surface area contributed by atoms with E-state index in [1.807, 2.05) is 91.2 Å². The number of nitrogens with one attached hydrogen (secondary N) is 1. The third-order valence-electron chi connectivity index (χ3n) is 3.33. The van der Waals surface area contributed by atoms with Gasteiger partial charge in [-0.25, -0.2) is 0 Å². The summed E-state index contributed by atoms with van der Waals surface area (Å²) in [5, 5.41) is 3.35. The largest absolute Gasteiger partial charge is 0.356 e. The SMILES string of the molecule is C(=C\c1ccccc1)/C=N/c1ccc(Nc2ccccc2)cc1. The maximum Gasteiger partial charge on any atom is 0.0631 e. The Morgan fingerprint density at radius 3 is 1.96 bits per heavy atom. The van der Waals surface area contributed by atoms with Crippen LogP contribution in [0.5, 0.6) is 0 Å². The Kier molecular flexibility index (Phi) is 4.99. The minimum absolute atomic E-state index is 0.932. The summed E-state index contributed by atoms with van der Waals surface area (Å²) in [5.74, 6) is 0. The molecule has 0 aromatic heterocycles. The molecule has 0 heterocycles. The van der Waals surface area contributed by atoms with E-state index in [2.05, 4.69) is 22.4 Å². The van der Waals surface area contributed by atoms with Gasteiger partial charge in [-0.05, 0) is 48.0 Å². The lowest BCUT2D eigenvalue weighted by atomic mass is 10.2. The van der Waals surface area contributed by atoms with E-state index in [1.54, 1.807) is 0 Å². The van der Waals surface area contributed by atoms with E-state index in [0.717, 1.165) is 17.1 Å². The number of rotatable bonds is 5. The minimum Gasteiger partial charge on any atom is -0.356 e. The van der Waals surface area contributed by atoms with Gasteiger partial charge in [0.2, 0.25) is 0 Å². The maximum atomic E-state index is 4.43. The molecule has 0 atom stereocenters. The molecule has 0 radical (unpaired) electrons. The molecule has 2 nitrogen and oxygen atoms in total. The first-order valence-electron chi connectivity index (χ1n) is 7.58. The summed E-state index contributed by atoms with van der Waals surface area (Å²) in [6.07, 6.45) is 5.80. The van der Waals surface area contributed by atoms with Crippen LogP contribution in [0, 0.1) is 0 Å². The summed E-state index contributed by atoms with van der Waals surface area (Å²) < 4.78 is 0. The van der Waals surface area contributed by atoms with Gasteiger partial charge < -0.3 is 5.32 Å². The van der Waals surface area contributed by atoms with Crippen LogP contribution in [0.25, 0.3) is 6.08 Å². The smallest absolute Gasteiger partial charge is 0.0631 e. The highest BCUT2D eigenvalue weighted by Crippen LogP contribution is 2.19. The zero-order valence-electron chi connectivity index (χ0n) is 12.8. The van der Waals surface area contributed by atoms with Gasteiger partial charge in [-0.1, -0.05) is 54.6 Å². The van der Waals surface area contributed by atoms with E-state index in [1.165, 1.54) is 5.56 Å². The molecule has 0 fully saturated rings. The Labute approximate surface area is 136 Å². The molecule has 3 aromatic rings. The second-order valence-corrected chi connectivity index (χ2v) is 5.09. The van der Waals surface area contributed by atoms with E-state index in [-0.39, 0.29) is 0 Å². The fourth-order valence-electron chi connectivity index (χ4n) is 2.17. The van der Waals surface area contributed by atoms with Gasteiger partial charge in [-0.2, -0.15) is 0 Å². The molecule has 0 saturated heterocycles. The molecular weight excluding hydrogens is 280 g/mol. The average Bonchev–Trinajstić information content (AvgIpc) is 2.62. The summed E-state index contributed by atoms with van der Waals surface area (Å²) in [5.41, 5.74) is 4.23. The molecule has 0 spiro atoms. The van der Waals surface area contributed by atoms with Crippen molar-refractivity contribution in [1.29, 1.82) is 0 Å². The molecule has 0 unspecified atom stereocenters. The Bertz CT molecular complexity index is 773. The molecule has 0 aliphatic carbocycles. The first kappa shape index (κ1) is 14.8. The number of nitrogens with zero attached hydrogens (tertiary/aromatic N) is 1. The highest BCUT2D eigenvalue weighted by atomic mass is 14.9. The topological polar surface area (TPSA) is 24.4 Å². The first-order chi connectivity index (χ1) is 11.4. The number of allylic oxidation sites excluding steroid dienone is 1. The average molecular weight is 298 g/mol. The molecule has 23 heavy (non-hydrogen) atoms. The minimum atomic E-state index is 0.932. The van der Waals surface area contributed by atoms with E-state index >= 15 is 0 Å². The van der Waals surface area contributed by atoms with Crippen LogP contribution in [0.3, 0.4) is 0 Å². The van der Waals surface area contributed by atoms with Gasteiger partial charge in [0.15, 0.2) is 0 Å². The lowest BCUT2D eigenvalue weighted by Crippen LogP contribution is -1.88. The summed E-state index contributed by atoms with van der Waals surface area (Å²) in [6, 6.07) is 28.4. The highest BCUT2D eigenvalue weighted by Gasteiger charge is 1.93. The van der Waals surface area contributed by atoms with E-state index in [0.29, 0.717) is 0 Å². The molecule has 0 aliphatic heterocycles. The number of benzene rings is 3. The van der Waals surface area contributed by atoms with E-state index in [4.69, 9.17) is 0 Å². The van der Waals surface area contributed by atoms with E-state index < -0.39 is 0 Å². The monoisotopic (exact) mass is 298 g/mol. The summed E-state index contributed by atoms with van der Waals surface area (Å²) in [6.45, 7) is 0. The Balaban J connectivity index is 1.59. The van der Waals surface area contributed by atoms with Gasteiger partial charge in [0, 0.05) is 17.6 Å². The van der Waals surface area contributed by atoms with Gasteiger partial charge in [0.1, 0.15) is 0 Å². The number of hydrogen-bond acceptors (Lipinski definition) is 2. The second kappa shape index (κ2) is 7.76. The number of hydrogen-bond donors (Lipinski definition) is 1. The van der Waals surface area contributed by atoms with Crippen LogP contribution in [0.15, 0.2) is 96.0 Å². The summed E-state index contributed by atoms with van der Waals surface area (Å²) in [7, 11) is 0. The zero-order chi connectivity index (χ0) is 15.7. The van der Waals surface area contributed by atoms with Crippen molar-refractivity contribution in [3.63, 3.8) is 0 Å². The first-order valence-corrected chi connectivity index (χ1v) is 7.58. The maximum absolute atomic E-state index is 4.43. The van der Waals surface area contributed by atoms with Gasteiger partial charge in [-0.3, -0.25) is 4.99 Å². The van der Waals surface area contributed by atoms with Gasteiger partial charge in [-0.15, -0.1) is 0 Å². The van der Waals surface area contributed by atoms with Crippen LogP contribution in [-0.2, 0) is 0 Å². The molecule has 0 amide bonds. The molecule has 1 N–H and O–H groups in total. The van der Waals surface area contributed by atoms with Gasteiger partial charge in [0.25, 0.3) is 0 Å². The lowest BCUT2D eigenvalue weighted by Gasteiger charge is -2.05. The third kappa shape index (κ3) is 4.68. The predicted octanol–water partition coefficient (Wildman–Crippen LogP) is 5.85. The highest BCUT2D eigenvalue weighted by molar-refractivity contribution is 5.80. The molecule has 3 aromatic carbocycles. The van der Waals surface area contributed by atoms with Crippen LogP contribution >= 0.6 is 0 Å². The molecular formula is C21H18N2. The van der Waals surface area contributed by atoms with Crippen molar-refractivity contribution in [2.45, 2.75) is 0 Å². The molecule has 0 bridgehead atoms. The van der Waals surface area contributed by atoms with Crippen molar-refractivity contribution in [2.24, 2.45) is 4.99 Å².